The Morgan fingerprint density at radius 2 is 2.08 bits per heavy atom. The summed E-state index contributed by atoms with van der Waals surface area (Å²) < 4.78 is 7.78. The molecule has 1 N–H and O–H groups in total. The molecule has 7 heteroatoms. The molecule has 0 bridgehead atoms. The van der Waals surface area contributed by atoms with E-state index in [-0.39, 0.29) is 12.0 Å². The van der Waals surface area contributed by atoms with E-state index in [2.05, 4.69) is 27.2 Å². The molecule has 2 aromatic heterocycles. The Bertz CT molecular complexity index is 848. The summed E-state index contributed by atoms with van der Waals surface area (Å²) in [5.41, 5.74) is 1.22. The Kier molecular flexibility index (Phi) is 5.10. The topological polar surface area (TPSA) is 67.3 Å². The summed E-state index contributed by atoms with van der Waals surface area (Å²) in [6.07, 6.45) is 2.27. The van der Waals surface area contributed by atoms with Gasteiger partial charge in [-0.05, 0) is 42.4 Å². The van der Waals surface area contributed by atoms with Crippen LogP contribution in [0, 0.1) is 0 Å². The first kappa shape index (κ1) is 17.3. The molecule has 0 unspecified atom stereocenters. The van der Waals surface area contributed by atoms with Crippen molar-refractivity contribution in [3.05, 3.63) is 60.1 Å². The molecule has 136 valence electrons. The number of hydrogen-bond acceptors (Lipinski definition) is 6. The van der Waals surface area contributed by atoms with Crippen LogP contribution in [0.2, 0.25) is 0 Å². The van der Waals surface area contributed by atoms with E-state index in [1.165, 1.54) is 17.3 Å². The fourth-order valence-corrected chi connectivity index (χ4v) is 4.15. The zero-order valence-electron chi connectivity index (χ0n) is 14.7. The lowest BCUT2D eigenvalue weighted by Crippen LogP contribution is -2.42. The molecule has 26 heavy (non-hydrogen) atoms. The number of nitrogens with zero attached hydrogens (tertiary/aromatic N) is 4. The van der Waals surface area contributed by atoms with Crippen LogP contribution in [0.1, 0.15) is 23.7 Å². The number of benzene rings is 1. The lowest BCUT2D eigenvalue weighted by Gasteiger charge is -2.35. The van der Waals surface area contributed by atoms with Crippen molar-refractivity contribution in [2.75, 3.05) is 13.1 Å². The van der Waals surface area contributed by atoms with Crippen LogP contribution < -0.4 is 0 Å². The first-order chi connectivity index (χ1) is 12.7. The zero-order chi connectivity index (χ0) is 17.9. The fourth-order valence-electron chi connectivity index (χ4n) is 3.40. The van der Waals surface area contributed by atoms with Crippen molar-refractivity contribution in [1.29, 1.82) is 0 Å². The number of β-amino-alcohol motifs (C(OH)–C–C–N with tert-alkyl or cyclic N) is 1. The maximum absolute atomic E-state index is 10.6. The molecule has 4 rings (SSSR count). The molecule has 1 aliphatic heterocycles. The van der Waals surface area contributed by atoms with Gasteiger partial charge < -0.3 is 14.1 Å². The summed E-state index contributed by atoms with van der Waals surface area (Å²) in [6.45, 7) is 2.31. The zero-order valence-corrected chi connectivity index (χ0v) is 15.5. The number of aliphatic hydroxyl groups is 1. The highest BCUT2D eigenvalue weighted by molar-refractivity contribution is 7.99. The van der Waals surface area contributed by atoms with Crippen LogP contribution in [-0.2, 0) is 13.6 Å². The van der Waals surface area contributed by atoms with Crippen molar-refractivity contribution in [2.45, 2.75) is 35.2 Å². The van der Waals surface area contributed by atoms with Gasteiger partial charge in [-0.25, -0.2) is 0 Å². The van der Waals surface area contributed by atoms with Crippen LogP contribution in [0.15, 0.2) is 63.5 Å². The summed E-state index contributed by atoms with van der Waals surface area (Å²) >= 11 is 1.46. The highest BCUT2D eigenvalue weighted by atomic mass is 32.2. The van der Waals surface area contributed by atoms with Crippen molar-refractivity contribution in [3.8, 4) is 0 Å². The van der Waals surface area contributed by atoms with Gasteiger partial charge in [0.2, 0.25) is 0 Å². The Balaban J connectivity index is 1.35. The van der Waals surface area contributed by atoms with Crippen LogP contribution >= 0.6 is 11.8 Å². The molecule has 0 aliphatic carbocycles. The van der Waals surface area contributed by atoms with Gasteiger partial charge in [0.05, 0.1) is 12.6 Å². The number of aromatic nitrogens is 3. The van der Waals surface area contributed by atoms with E-state index in [9.17, 15) is 5.11 Å². The number of aryl methyl sites for hydroxylation is 1. The molecule has 1 fully saturated rings. The third-order valence-corrected chi connectivity index (χ3v) is 5.74. The highest BCUT2D eigenvalue weighted by Gasteiger charge is 2.29. The minimum atomic E-state index is -0.353. The molecule has 1 aromatic carbocycles. The first-order valence-electron chi connectivity index (χ1n) is 8.75. The molecule has 0 radical (unpaired) electrons. The minimum absolute atomic E-state index is 0.214. The van der Waals surface area contributed by atoms with Gasteiger partial charge in [-0.2, -0.15) is 0 Å². The maximum Gasteiger partial charge on any atom is 0.198 e. The van der Waals surface area contributed by atoms with Gasteiger partial charge in [0, 0.05) is 19.5 Å². The Morgan fingerprint density at radius 1 is 1.23 bits per heavy atom. The van der Waals surface area contributed by atoms with E-state index in [1.54, 1.807) is 6.33 Å². The lowest BCUT2D eigenvalue weighted by atomic mass is 9.87. The molecule has 6 nitrogen and oxygen atoms in total. The van der Waals surface area contributed by atoms with Gasteiger partial charge in [0.15, 0.2) is 10.2 Å². The number of likely N-dealkylation sites (tertiary alicyclic amines) is 1. The Hall–Kier alpha value is -2.09. The van der Waals surface area contributed by atoms with E-state index in [1.807, 2.05) is 41.9 Å². The van der Waals surface area contributed by atoms with Crippen LogP contribution in [0.5, 0.6) is 0 Å². The number of piperidine rings is 1. The van der Waals surface area contributed by atoms with Gasteiger partial charge in [0.25, 0.3) is 0 Å². The van der Waals surface area contributed by atoms with E-state index < -0.39 is 0 Å². The van der Waals surface area contributed by atoms with Crippen molar-refractivity contribution < 1.29 is 9.52 Å². The largest absolute Gasteiger partial charge is 0.453 e. The molecule has 3 aromatic rings. The van der Waals surface area contributed by atoms with Crippen LogP contribution in [0.3, 0.4) is 0 Å². The monoisotopic (exact) mass is 370 g/mol. The maximum atomic E-state index is 10.6. The van der Waals surface area contributed by atoms with E-state index in [0.717, 1.165) is 29.0 Å². The van der Waals surface area contributed by atoms with Crippen LogP contribution in [0.25, 0.3) is 0 Å². The average molecular weight is 370 g/mol. The standard InChI is InChI=1S/C19H22N4O2S/c1-22-13-20-21-19(22)26-18-8-7-15(25-18)11-23-10-9-16(17(24)12-23)14-5-3-2-4-6-14/h2-8,13,16-17,24H,9-12H2,1H3/t16-,17+/m0/s1. The Morgan fingerprint density at radius 3 is 2.81 bits per heavy atom. The third-order valence-electron chi connectivity index (χ3n) is 4.77. The van der Waals surface area contributed by atoms with Crippen LogP contribution in [-0.4, -0.2) is 44.0 Å². The number of aliphatic hydroxyl groups excluding tert-OH is 1. The quantitative estimate of drug-likeness (QED) is 0.745. The van der Waals surface area contributed by atoms with Gasteiger partial charge in [-0.3, -0.25) is 4.90 Å². The molecular formula is C19H22N4O2S. The van der Waals surface area contributed by atoms with E-state index in [4.69, 9.17) is 4.42 Å². The molecule has 0 saturated carbocycles. The SMILES string of the molecule is Cn1cnnc1Sc1ccc(CN2CC[C@@H](c3ccccc3)[C@H](O)C2)o1. The van der Waals surface area contributed by atoms with Gasteiger partial charge >= 0.3 is 0 Å². The Labute approximate surface area is 156 Å². The van der Waals surface area contributed by atoms with E-state index >= 15 is 0 Å². The van der Waals surface area contributed by atoms with Gasteiger partial charge in [-0.1, -0.05) is 30.3 Å². The summed E-state index contributed by atoms with van der Waals surface area (Å²) in [5.74, 6) is 1.12. The molecule has 0 spiro atoms. The summed E-state index contributed by atoms with van der Waals surface area (Å²) in [6, 6.07) is 14.2. The number of furan rings is 1. The van der Waals surface area contributed by atoms with Crippen LogP contribution in [0.4, 0.5) is 0 Å². The first-order valence-corrected chi connectivity index (χ1v) is 9.56. The minimum Gasteiger partial charge on any atom is -0.453 e. The predicted molar refractivity (Wildman–Crippen MR) is 98.9 cm³/mol. The normalized spacial score (nSPS) is 21.2. The molecular weight excluding hydrogens is 348 g/mol. The van der Waals surface area contributed by atoms with Crippen molar-refractivity contribution >= 4 is 11.8 Å². The molecule has 1 saturated heterocycles. The second-order valence-electron chi connectivity index (χ2n) is 6.66. The predicted octanol–water partition coefficient (Wildman–Crippen LogP) is 2.91. The second-order valence-corrected chi connectivity index (χ2v) is 7.63. The number of rotatable bonds is 5. The lowest BCUT2D eigenvalue weighted by molar-refractivity contribution is 0.0442. The summed E-state index contributed by atoms with van der Waals surface area (Å²) in [4.78, 5) is 2.25. The second kappa shape index (κ2) is 7.65. The van der Waals surface area contributed by atoms with Crippen molar-refractivity contribution in [2.24, 2.45) is 7.05 Å². The summed E-state index contributed by atoms with van der Waals surface area (Å²) in [5, 5.41) is 20.1. The van der Waals surface area contributed by atoms with Gasteiger partial charge in [-0.15, -0.1) is 10.2 Å². The third kappa shape index (κ3) is 3.85. The smallest absolute Gasteiger partial charge is 0.198 e. The summed E-state index contributed by atoms with van der Waals surface area (Å²) in [7, 11) is 1.91. The van der Waals surface area contributed by atoms with Crippen molar-refractivity contribution in [3.63, 3.8) is 0 Å². The average Bonchev–Trinajstić information content (AvgIpc) is 3.25. The molecule has 2 atom stereocenters. The van der Waals surface area contributed by atoms with Crippen molar-refractivity contribution in [1.82, 2.24) is 19.7 Å². The van der Waals surface area contributed by atoms with E-state index in [0.29, 0.717) is 13.1 Å². The number of hydrogen-bond donors (Lipinski definition) is 1. The molecule has 0 amide bonds. The molecule has 3 heterocycles. The van der Waals surface area contributed by atoms with Gasteiger partial charge in [0.1, 0.15) is 12.1 Å². The fraction of sp³-hybridized carbons (Fsp3) is 0.368. The molecule has 1 aliphatic rings. The highest BCUT2D eigenvalue weighted by Crippen LogP contribution is 2.31.